The molecule has 3 heterocycles. The van der Waals surface area contributed by atoms with Crippen LogP contribution in [0.15, 0.2) is 6.33 Å². The zero-order valence-electron chi connectivity index (χ0n) is 11.9. The predicted molar refractivity (Wildman–Crippen MR) is 81.1 cm³/mol. The molecule has 3 rings (SSSR count). The van der Waals surface area contributed by atoms with E-state index in [2.05, 4.69) is 22.2 Å². The first-order valence-corrected chi connectivity index (χ1v) is 7.71. The van der Waals surface area contributed by atoms with Crippen LogP contribution in [0.1, 0.15) is 28.6 Å². The van der Waals surface area contributed by atoms with Gasteiger partial charge in [0.05, 0.1) is 12.0 Å². The van der Waals surface area contributed by atoms with E-state index in [1.807, 2.05) is 0 Å². The molecule has 2 aromatic heterocycles. The van der Waals surface area contributed by atoms with E-state index in [-0.39, 0.29) is 6.04 Å². The van der Waals surface area contributed by atoms with Crippen LogP contribution in [0, 0.1) is 12.8 Å². The Morgan fingerprint density at radius 1 is 1.57 bits per heavy atom. The summed E-state index contributed by atoms with van der Waals surface area (Å²) in [5, 5.41) is 13.5. The van der Waals surface area contributed by atoms with Crippen molar-refractivity contribution in [2.45, 2.75) is 26.3 Å². The lowest BCUT2D eigenvalue weighted by molar-refractivity contribution is 0.0701. The van der Waals surface area contributed by atoms with Crippen LogP contribution in [0.2, 0.25) is 0 Å². The van der Waals surface area contributed by atoms with E-state index in [4.69, 9.17) is 4.74 Å². The second-order valence-electron chi connectivity index (χ2n) is 5.32. The van der Waals surface area contributed by atoms with Crippen LogP contribution >= 0.6 is 11.3 Å². The van der Waals surface area contributed by atoms with Gasteiger partial charge in [-0.1, -0.05) is 0 Å². The van der Waals surface area contributed by atoms with Gasteiger partial charge in [0.25, 0.3) is 0 Å². The van der Waals surface area contributed by atoms with Crippen molar-refractivity contribution in [1.29, 1.82) is 0 Å². The number of fused-ring (bicyclic) bond motifs is 1. The fourth-order valence-corrected chi connectivity index (χ4v) is 3.65. The first-order chi connectivity index (χ1) is 10.1. The molecule has 0 spiro atoms. The van der Waals surface area contributed by atoms with Crippen molar-refractivity contribution >= 4 is 33.3 Å². The fraction of sp³-hybridized carbons (Fsp3) is 0.500. The highest BCUT2D eigenvalue weighted by Gasteiger charge is 2.24. The summed E-state index contributed by atoms with van der Waals surface area (Å²) >= 11 is 1.19. The van der Waals surface area contributed by atoms with E-state index in [0.717, 1.165) is 30.6 Å². The molecule has 1 saturated heterocycles. The lowest BCUT2D eigenvalue weighted by Gasteiger charge is -2.20. The van der Waals surface area contributed by atoms with Gasteiger partial charge in [-0.2, -0.15) is 0 Å². The third-order valence-electron chi connectivity index (χ3n) is 3.96. The number of rotatable bonds is 4. The second kappa shape index (κ2) is 5.57. The smallest absolute Gasteiger partial charge is 0.346 e. The SMILES string of the molecule is Cc1c(C(=O)O)sc2ncnc(NC(C)C3CCOC3)c12. The molecule has 7 heteroatoms. The molecule has 1 aliphatic heterocycles. The third-order valence-corrected chi connectivity index (χ3v) is 5.15. The van der Waals surface area contributed by atoms with Gasteiger partial charge in [0.1, 0.15) is 21.9 Å². The van der Waals surface area contributed by atoms with Gasteiger partial charge in [-0.05, 0) is 25.8 Å². The second-order valence-corrected chi connectivity index (χ2v) is 6.32. The van der Waals surface area contributed by atoms with Gasteiger partial charge in [-0.15, -0.1) is 11.3 Å². The molecule has 21 heavy (non-hydrogen) atoms. The molecule has 1 fully saturated rings. The van der Waals surface area contributed by atoms with Crippen molar-refractivity contribution in [3.05, 3.63) is 16.8 Å². The summed E-state index contributed by atoms with van der Waals surface area (Å²) in [4.78, 5) is 20.8. The number of ether oxygens (including phenoxy) is 1. The Kier molecular flexibility index (Phi) is 3.77. The van der Waals surface area contributed by atoms with Gasteiger partial charge in [-0.3, -0.25) is 0 Å². The molecule has 0 bridgehead atoms. The number of carboxylic acid groups (broad SMARTS) is 1. The van der Waals surface area contributed by atoms with Crippen molar-refractivity contribution in [3.63, 3.8) is 0 Å². The van der Waals surface area contributed by atoms with Gasteiger partial charge < -0.3 is 15.2 Å². The van der Waals surface area contributed by atoms with E-state index in [9.17, 15) is 9.90 Å². The standard InChI is InChI=1S/C14H17N3O3S/c1-7-10-12(17-8(2)9-3-4-20-5-9)15-6-16-13(10)21-11(7)14(18)19/h6,8-9H,3-5H2,1-2H3,(H,18,19)(H,15,16,17). The lowest BCUT2D eigenvalue weighted by atomic mass is 10.0. The Hall–Kier alpha value is -1.73. The zero-order valence-corrected chi connectivity index (χ0v) is 12.7. The number of aromatic carboxylic acids is 1. The highest BCUT2D eigenvalue weighted by Crippen LogP contribution is 2.34. The highest BCUT2D eigenvalue weighted by atomic mass is 32.1. The van der Waals surface area contributed by atoms with Crippen molar-refractivity contribution in [2.24, 2.45) is 5.92 Å². The molecule has 0 radical (unpaired) electrons. The van der Waals surface area contributed by atoms with E-state index < -0.39 is 5.97 Å². The summed E-state index contributed by atoms with van der Waals surface area (Å²) in [6.07, 6.45) is 2.51. The van der Waals surface area contributed by atoms with Crippen molar-refractivity contribution in [1.82, 2.24) is 9.97 Å². The Labute approximate surface area is 126 Å². The van der Waals surface area contributed by atoms with E-state index in [1.54, 1.807) is 6.92 Å². The van der Waals surface area contributed by atoms with Gasteiger partial charge in [0, 0.05) is 18.6 Å². The van der Waals surface area contributed by atoms with E-state index in [1.165, 1.54) is 17.7 Å². The Bertz CT molecular complexity index is 679. The number of nitrogens with one attached hydrogen (secondary N) is 1. The average Bonchev–Trinajstić information content (AvgIpc) is 3.07. The Balaban J connectivity index is 1.96. The van der Waals surface area contributed by atoms with E-state index >= 15 is 0 Å². The quantitative estimate of drug-likeness (QED) is 0.903. The molecule has 2 atom stereocenters. The van der Waals surface area contributed by atoms with Gasteiger partial charge in [0.2, 0.25) is 0 Å². The van der Waals surface area contributed by atoms with Gasteiger partial charge in [0.15, 0.2) is 0 Å². The molecular weight excluding hydrogens is 290 g/mol. The number of carbonyl (C=O) groups is 1. The molecule has 2 N–H and O–H groups in total. The molecule has 0 saturated carbocycles. The van der Waals surface area contributed by atoms with Crippen LogP contribution in [-0.4, -0.2) is 40.3 Å². The minimum Gasteiger partial charge on any atom is -0.477 e. The molecular formula is C14H17N3O3S. The molecule has 2 unspecified atom stereocenters. The molecule has 6 nitrogen and oxygen atoms in total. The topological polar surface area (TPSA) is 84.3 Å². The van der Waals surface area contributed by atoms with Crippen LogP contribution in [0.5, 0.6) is 0 Å². The predicted octanol–water partition coefficient (Wildman–Crippen LogP) is 2.53. The zero-order chi connectivity index (χ0) is 15.0. The number of carboxylic acids is 1. The molecule has 0 amide bonds. The largest absolute Gasteiger partial charge is 0.477 e. The number of thiophene rings is 1. The maximum Gasteiger partial charge on any atom is 0.346 e. The van der Waals surface area contributed by atoms with Crippen molar-refractivity contribution in [2.75, 3.05) is 18.5 Å². The first-order valence-electron chi connectivity index (χ1n) is 6.89. The lowest BCUT2D eigenvalue weighted by Crippen LogP contribution is -2.26. The Morgan fingerprint density at radius 3 is 3.05 bits per heavy atom. The van der Waals surface area contributed by atoms with Crippen LogP contribution in [0.3, 0.4) is 0 Å². The number of nitrogens with zero attached hydrogens (tertiary/aromatic N) is 2. The highest BCUT2D eigenvalue weighted by molar-refractivity contribution is 7.20. The first kappa shape index (κ1) is 14.2. The fourth-order valence-electron chi connectivity index (χ4n) is 2.67. The minimum absolute atomic E-state index is 0.221. The summed E-state index contributed by atoms with van der Waals surface area (Å²) < 4.78 is 5.41. The van der Waals surface area contributed by atoms with Crippen LogP contribution in [0.25, 0.3) is 10.2 Å². The summed E-state index contributed by atoms with van der Waals surface area (Å²) in [6, 6.07) is 0.221. The number of aryl methyl sites for hydroxylation is 1. The monoisotopic (exact) mass is 307 g/mol. The summed E-state index contributed by atoms with van der Waals surface area (Å²) in [5.41, 5.74) is 0.723. The molecule has 0 aliphatic carbocycles. The molecule has 0 aromatic carbocycles. The molecule has 2 aromatic rings. The molecule has 1 aliphatic rings. The normalized spacial score (nSPS) is 19.8. The number of aromatic nitrogens is 2. The van der Waals surface area contributed by atoms with Crippen molar-refractivity contribution in [3.8, 4) is 0 Å². The summed E-state index contributed by atoms with van der Waals surface area (Å²) in [6.45, 7) is 5.47. The summed E-state index contributed by atoms with van der Waals surface area (Å²) in [5.74, 6) is 0.243. The minimum atomic E-state index is -0.918. The van der Waals surface area contributed by atoms with Crippen LogP contribution in [0.4, 0.5) is 5.82 Å². The van der Waals surface area contributed by atoms with Crippen LogP contribution in [-0.2, 0) is 4.74 Å². The molecule has 112 valence electrons. The van der Waals surface area contributed by atoms with Gasteiger partial charge >= 0.3 is 5.97 Å². The number of anilines is 1. The third kappa shape index (κ3) is 2.58. The maximum absolute atomic E-state index is 11.3. The van der Waals surface area contributed by atoms with Gasteiger partial charge in [-0.25, -0.2) is 14.8 Å². The van der Waals surface area contributed by atoms with Crippen molar-refractivity contribution < 1.29 is 14.6 Å². The Morgan fingerprint density at radius 2 is 2.38 bits per heavy atom. The van der Waals surface area contributed by atoms with E-state index in [0.29, 0.717) is 21.4 Å². The maximum atomic E-state index is 11.3. The number of hydrogen-bond donors (Lipinski definition) is 2. The van der Waals surface area contributed by atoms with Crippen LogP contribution < -0.4 is 5.32 Å². The average molecular weight is 307 g/mol. The number of hydrogen-bond acceptors (Lipinski definition) is 6. The summed E-state index contributed by atoms with van der Waals surface area (Å²) in [7, 11) is 0.